The van der Waals surface area contributed by atoms with Gasteiger partial charge in [0.1, 0.15) is 0 Å². The van der Waals surface area contributed by atoms with Crippen molar-refractivity contribution < 1.29 is 0 Å². The molecule has 7 aromatic rings. The van der Waals surface area contributed by atoms with Crippen molar-refractivity contribution in [3.63, 3.8) is 0 Å². The van der Waals surface area contributed by atoms with Crippen molar-refractivity contribution in [2.75, 3.05) is 0 Å². The highest BCUT2D eigenvalue weighted by atomic mass is 15.0. The lowest BCUT2D eigenvalue weighted by Gasteiger charge is -2.12. The largest absolute Gasteiger partial charge is 0.339 e. The van der Waals surface area contributed by atoms with E-state index in [0.29, 0.717) is 0 Å². The van der Waals surface area contributed by atoms with Crippen LogP contribution in [0, 0.1) is 0 Å². The Morgan fingerprint density at radius 2 is 1.00 bits per heavy atom. The summed E-state index contributed by atoms with van der Waals surface area (Å²) in [6, 6.07) is 37.4. The van der Waals surface area contributed by atoms with Gasteiger partial charge in [-0.05, 0) is 42.0 Å². The van der Waals surface area contributed by atoms with Crippen LogP contribution in [0.25, 0.3) is 60.1 Å². The first-order chi connectivity index (χ1) is 15.9. The van der Waals surface area contributed by atoms with Gasteiger partial charge in [0.2, 0.25) is 0 Å². The quantitative estimate of drug-likeness (QED) is 0.273. The molecule has 0 aliphatic heterocycles. The standard InChI is InChI=1S/C30H22N2/c1-2-31-25-18-10-8-16-23(25)27-21-14-6-7-15-22(21)28-24-17-9-11-19-26(24)32(30(28)29(27)31)20-12-4-3-5-13-20/h3-19H,2H2,1H3. The highest BCUT2D eigenvalue weighted by molar-refractivity contribution is 6.36. The Morgan fingerprint density at radius 3 is 1.66 bits per heavy atom. The van der Waals surface area contributed by atoms with Crippen LogP contribution in [0.1, 0.15) is 6.92 Å². The van der Waals surface area contributed by atoms with Crippen molar-refractivity contribution in [2.24, 2.45) is 0 Å². The number of hydrogen-bond acceptors (Lipinski definition) is 0. The molecule has 0 spiro atoms. The number of fused-ring (bicyclic) bond motifs is 10. The zero-order valence-corrected chi connectivity index (χ0v) is 17.9. The molecule has 0 fully saturated rings. The van der Waals surface area contributed by atoms with Crippen molar-refractivity contribution >= 4 is 54.4 Å². The summed E-state index contributed by atoms with van der Waals surface area (Å²) < 4.78 is 4.96. The van der Waals surface area contributed by atoms with Crippen LogP contribution < -0.4 is 0 Å². The van der Waals surface area contributed by atoms with Crippen LogP contribution in [-0.2, 0) is 6.54 Å². The lowest BCUT2D eigenvalue weighted by molar-refractivity contribution is 0.828. The summed E-state index contributed by atoms with van der Waals surface area (Å²) in [6.45, 7) is 3.18. The molecule has 7 rings (SSSR count). The van der Waals surface area contributed by atoms with Gasteiger partial charge in [0, 0.05) is 39.3 Å². The summed E-state index contributed by atoms with van der Waals surface area (Å²) in [4.78, 5) is 0. The molecule has 0 aliphatic rings. The zero-order chi connectivity index (χ0) is 21.2. The molecule has 152 valence electrons. The summed E-state index contributed by atoms with van der Waals surface area (Å²) in [6.07, 6.45) is 0. The molecule has 0 saturated carbocycles. The topological polar surface area (TPSA) is 9.86 Å². The van der Waals surface area contributed by atoms with Gasteiger partial charge < -0.3 is 9.13 Å². The van der Waals surface area contributed by atoms with Crippen LogP contribution in [0.15, 0.2) is 103 Å². The minimum Gasteiger partial charge on any atom is -0.339 e. The molecule has 2 nitrogen and oxygen atoms in total. The maximum atomic E-state index is 2.50. The molecule has 2 aromatic heterocycles. The van der Waals surface area contributed by atoms with Gasteiger partial charge in [0.25, 0.3) is 0 Å². The normalized spacial score (nSPS) is 12.0. The molecular weight excluding hydrogens is 388 g/mol. The molecule has 0 N–H and O–H groups in total. The molecule has 0 bridgehead atoms. The van der Waals surface area contributed by atoms with Crippen LogP contribution in [0.3, 0.4) is 0 Å². The van der Waals surface area contributed by atoms with Gasteiger partial charge in [0.15, 0.2) is 0 Å². The van der Waals surface area contributed by atoms with Gasteiger partial charge in [-0.2, -0.15) is 0 Å². The number of hydrogen-bond donors (Lipinski definition) is 0. The SMILES string of the molecule is CCn1c2ccccc2c2c3ccccc3c3c4ccccc4n(-c4ccccc4)c3c21. The van der Waals surface area contributed by atoms with Gasteiger partial charge >= 0.3 is 0 Å². The summed E-state index contributed by atoms with van der Waals surface area (Å²) in [7, 11) is 0. The molecule has 0 aliphatic carbocycles. The number of aromatic nitrogens is 2. The summed E-state index contributed by atoms with van der Waals surface area (Å²) in [5.74, 6) is 0. The molecular formula is C30H22N2. The first-order valence-corrected chi connectivity index (χ1v) is 11.3. The Bertz CT molecular complexity index is 1800. The van der Waals surface area contributed by atoms with Crippen LogP contribution in [0.2, 0.25) is 0 Å². The Balaban J connectivity index is 1.92. The van der Waals surface area contributed by atoms with Gasteiger partial charge in [-0.3, -0.25) is 0 Å². The van der Waals surface area contributed by atoms with E-state index in [4.69, 9.17) is 0 Å². The molecule has 0 radical (unpaired) electrons. The third-order valence-corrected chi connectivity index (χ3v) is 6.87. The van der Waals surface area contributed by atoms with Crippen molar-refractivity contribution in [3.8, 4) is 5.69 Å². The fourth-order valence-corrected chi connectivity index (χ4v) is 5.65. The van der Waals surface area contributed by atoms with E-state index >= 15 is 0 Å². The minimum absolute atomic E-state index is 0.924. The summed E-state index contributed by atoms with van der Waals surface area (Å²) in [5.41, 5.74) is 6.36. The lowest BCUT2D eigenvalue weighted by atomic mass is 9.98. The van der Waals surface area contributed by atoms with Gasteiger partial charge in [-0.25, -0.2) is 0 Å². The number of nitrogens with zero attached hydrogens (tertiary/aromatic N) is 2. The zero-order valence-electron chi connectivity index (χ0n) is 17.9. The maximum Gasteiger partial charge on any atom is 0.0791 e. The van der Waals surface area contributed by atoms with Crippen LogP contribution in [0.5, 0.6) is 0 Å². The fraction of sp³-hybridized carbons (Fsp3) is 0.0667. The molecule has 2 heterocycles. The predicted octanol–water partition coefficient (Wildman–Crippen LogP) is 8.06. The maximum absolute atomic E-state index is 2.50. The minimum atomic E-state index is 0.924. The van der Waals surface area contributed by atoms with Crippen LogP contribution in [-0.4, -0.2) is 9.13 Å². The monoisotopic (exact) mass is 410 g/mol. The molecule has 0 unspecified atom stereocenters. The highest BCUT2D eigenvalue weighted by Crippen LogP contribution is 2.45. The second-order valence-electron chi connectivity index (χ2n) is 8.44. The number of aryl methyl sites for hydroxylation is 1. The smallest absolute Gasteiger partial charge is 0.0791 e. The van der Waals surface area contributed by atoms with E-state index in [1.54, 1.807) is 0 Å². The van der Waals surface area contributed by atoms with Gasteiger partial charge in [-0.1, -0.05) is 78.9 Å². The Hall–Kier alpha value is -4.04. The average Bonchev–Trinajstić information content (AvgIpc) is 3.38. The van der Waals surface area contributed by atoms with Gasteiger partial charge in [-0.15, -0.1) is 0 Å². The predicted molar refractivity (Wildman–Crippen MR) is 137 cm³/mol. The number of rotatable bonds is 2. The van der Waals surface area contributed by atoms with E-state index < -0.39 is 0 Å². The fourth-order valence-electron chi connectivity index (χ4n) is 5.65. The Kier molecular flexibility index (Phi) is 3.57. The molecule has 0 amide bonds. The second kappa shape index (κ2) is 6.48. The summed E-state index contributed by atoms with van der Waals surface area (Å²) in [5, 5.41) is 7.97. The Morgan fingerprint density at radius 1 is 0.500 bits per heavy atom. The first kappa shape index (κ1) is 17.6. The van der Waals surface area contributed by atoms with E-state index in [2.05, 4.69) is 119 Å². The number of benzene rings is 5. The van der Waals surface area contributed by atoms with Crippen LogP contribution >= 0.6 is 0 Å². The second-order valence-corrected chi connectivity index (χ2v) is 8.44. The summed E-state index contributed by atoms with van der Waals surface area (Å²) >= 11 is 0. The highest BCUT2D eigenvalue weighted by Gasteiger charge is 2.22. The van der Waals surface area contributed by atoms with Gasteiger partial charge in [0.05, 0.1) is 16.6 Å². The van der Waals surface area contributed by atoms with E-state index in [-0.39, 0.29) is 0 Å². The Labute approximate surface area is 185 Å². The molecule has 0 saturated heterocycles. The third kappa shape index (κ3) is 2.14. The van der Waals surface area contributed by atoms with Crippen LogP contribution in [0.4, 0.5) is 0 Å². The van der Waals surface area contributed by atoms with Crippen molar-refractivity contribution in [1.82, 2.24) is 9.13 Å². The number of para-hydroxylation sites is 3. The van der Waals surface area contributed by atoms with E-state index in [1.807, 2.05) is 0 Å². The first-order valence-electron chi connectivity index (χ1n) is 11.3. The molecule has 32 heavy (non-hydrogen) atoms. The third-order valence-electron chi connectivity index (χ3n) is 6.87. The van der Waals surface area contributed by atoms with E-state index in [9.17, 15) is 0 Å². The molecule has 2 heteroatoms. The van der Waals surface area contributed by atoms with E-state index in [0.717, 1.165) is 6.54 Å². The van der Waals surface area contributed by atoms with Crippen molar-refractivity contribution in [1.29, 1.82) is 0 Å². The molecule has 0 atom stereocenters. The van der Waals surface area contributed by atoms with Crippen molar-refractivity contribution in [3.05, 3.63) is 103 Å². The lowest BCUT2D eigenvalue weighted by Crippen LogP contribution is -1.98. The average molecular weight is 411 g/mol. The molecule has 5 aromatic carbocycles. The van der Waals surface area contributed by atoms with E-state index in [1.165, 1.54) is 60.1 Å². The van der Waals surface area contributed by atoms with Crippen molar-refractivity contribution in [2.45, 2.75) is 13.5 Å².